The second-order valence-corrected chi connectivity index (χ2v) is 4.89. The molecule has 1 aliphatic rings. The number of carboxylic acid groups (broad SMARTS) is 1. The van der Waals surface area contributed by atoms with E-state index in [1.54, 1.807) is 6.26 Å². The van der Waals surface area contributed by atoms with Crippen molar-refractivity contribution >= 4 is 11.7 Å². The Kier molecular flexibility index (Phi) is 3.18. The van der Waals surface area contributed by atoms with Crippen molar-refractivity contribution < 1.29 is 18.7 Å². The Hall–Kier alpha value is -2.30. The SMILES string of the molecule is O=C(O)c1ccc(F)c(NC2CCCc3occc32)c1. The van der Waals surface area contributed by atoms with Gasteiger partial charge in [-0.05, 0) is 37.1 Å². The van der Waals surface area contributed by atoms with Crippen LogP contribution in [0.5, 0.6) is 0 Å². The molecule has 2 N–H and O–H groups in total. The van der Waals surface area contributed by atoms with Crippen LogP contribution in [-0.2, 0) is 6.42 Å². The second-order valence-electron chi connectivity index (χ2n) is 4.89. The fourth-order valence-electron chi connectivity index (χ4n) is 2.59. The Morgan fingerprint density at radius 3 is 3.05 bits per heavy atom. The van der Waals surface area contributed by atoms with E-state index in [0.29, 0.717) is 0 Å². The molecule has 1 unspecified atom stereocenters. The lowest BCUT2D eigenvalue weighted by molar-refractivity contribution is 0.0697. The van der Waals surface area contributed by atoms with Crippen molar-refractivity contribution in [2.24, 2.45) is 0 Å². The van der Waals surface area contributed by atoms with E-state index >= 15 is 0 Å². The van der Waals surface area contributed by atoms with Gasteiger partial charge in [0.05, 0.1) is 23.6 Å². The van der Waals surface area contributed by atoms with Crippen LogP contribution in [0.15, 0.2) is 34.9 Å². The summed E-state index contributed by atoms with van der Waals surface area (Å²) in [6.45, 7) is 0. The third kappa shape index (κ3) is 2.27. The predicted octanol–water partition coefficient (Wildman–Crippen LogP) is 3.61. The molecule has 104 valence electrons. The molecule has 0 saturated heterocycles. The lowest BCUT2D eigenvalue weighted by Crippen LogP contribution is -2.17. The highest BCUT2D eigenvalue weighted by Crippen LogP contribution is 2.34. The van der Waals surface area contributed by atoms with Crippen molar-refractivity contribution in [1.29, 1.82) is 0 Å². The number of carbonyl (C=O) groups is 1. The van der Waals surface area contributed by atoms with E-state index in [4.69, 9.17) is 9.52 Å². The maximum Gasteiger partial charge on any atom is 0.335 e. The quantitative estimate of drug-likeness (QED) is 0.898. The Labute approximate surface area is 115 Å². The summed E-state index contributed by atoms with van der Waals surface area (Å²) in [5.41, 5.74) is 1.30. The Balaban J connectivity index is 1.89. The van der Waals surface area contributed by atoms with Crippen LogP contribution in [0.25, 0.3) is 0 Å². The van der Waals surface area contributed by atoms with Crippen LogP contribution in [-0.4, -0.2) is 11.1 Å². The summed E-state index contributed by atoms with van der Waals surface area (Å²) >= 11 is 0. The third-order valence-corrected chi connectivity index (χ3v) is 3.59. The molecule has 0 saturated carbocycles. The van der Waals surface area contributed by atoms with E-state index in [9.17, 15) is 9.18 Å². The second kappa shape index (κ2) is 5.00. The summed E-state index contributed by atoms with van der Waals surface area (Å²) in [5, 5.41) is 12.1. The largest absolute Gasteiger partial charge is 0.478 e. The summed E-state index contributed by atoms with van der Waals surface area (Å²) in [4.78, 5) is 10.9. The van der Waals surface area contributed by atoms with E-state index < -0.39 is 11.8 Å². The first-order chi connectivity index (χ1) is 9.65. The zero-order valence-corrected chi connectivity index (χ0v) is 10.7. The zero-order valence-electron chi connectivity index (χ0n) is 10.7. The number of nitrogens with one attached hydrogen (secondary N) is 1. The minimum Gasteiger partial charge on any atom is -0.478 e. The molecule has 20 heavy (non-hydrogen) atoms. The molecule has 2 aromatic rings. The standard InChI is InChI=1S/C15H14FNO3/c16-11-5-4-9(15(18)19)8-13(11)17-12-2-1-3-14-10(12)6-7-20-14/h4-8,12,17H,1-3H2,(H,18,19). The minimum atomic E-state index is -1.07. The molecule has 1 aromatic carbocycles. The van der Waals surface area contributed by atoms with Crippen LogP contribution >= 0.6 is 0 Å². The molecule has 3 rings (SSSR count). The molecule has 1 atom stereocenters. The fraction of sp³-hybridized carbons (Fsp3) is 0.267. The molecule has 4 nitrogen and oxygen atoms in total. The maximum atomic E-state index is 13.8. The van der Waals surface area contributed by atoms with Crippen molar-refractivity contribution in [3.63, 3.8) is 0 Å². The van der Waals surface area contributed by atoms with Gasteiger partial charge in [-0.3, -0.25) is 0 Å². The van der Waals surface area contributed by atoms with E-state index in [1.807, 2.05) is 6.07 Å². The number of hydrogen-bond donors (Lipinski definition) is 2. The molecule has 0 aliphatic heterocycles. The molecule has 0 spiro atoms. The fourth-order valence-corrected chi connectivity index (χ4v) is 2.59. The van der Waals surface area contributed by atoms with Crippen molar-refractivity contribution in [3.05, 3.63) is 53.2 Å². The predicted molar refractivity (Wildman–Crippen MR) is 71.4 cm³/mol. The van der Waals surface area contributed by atoms with Crippen LogP contribution < -0.4 is 5.32 Å². The van der Waals surface area contributed by atoms with Gasteiger partial charge in [-0.25, -0.2) is 9.18 Å². The minimum absolute atomic E-state index is 0.0453. The van der Waals surface area contributed by atoms with Gasteiger partial charge in [0.1, 0.15) is 11.6 Å². The van der Waals surface area contributed by atoms with Crippen molar-refractivity contribution in [1.82, 2.24) is 0 Å². The number of aromatic carboxylic acids is 1. The van der Waals surface area contributed by atoms with Crippen LogP contribution in [0, 0.1) is 5.82 Å². The highest BCUT2D eigenvalue weighted by Gasteiger charge is 2.23. The lowest BCUT2D eigenvalue weighted by Gasteiger charge is -2.24. The molecule has 5 heteroatoms. The van der Waals surface area contributed by atoms with Gasteiger partial charge in [0.15, 0.2) is 0 Å². The number of furan rings is 1. The lowest BCUT2D eigenvalue weighted by atomic mass is 9.93. The number of benzene rings is 1. The highest BCUT2D eigenvalue weighted by molar-refractivity contribution is 5.88. The summed E-state index contributed by atoms with van der Waals surface area (Å²) in [6.07, 6.45) is 4.34. The molecule has 0 bridgehead atoms. The van der Waals surface area contributed by atoms with E-state index in [1.165, 1.54) is 18.2 Å². The topological polar surface area (TPSA) is 62.5 Å². The van der Waals surface area contributed by atoms with Crippen LogP contribution in [0.4, 0.5) is 10.1 Å². The monoisotopic (exact) mass is 275 g/mol. The Bertz CT molecular complexity index is 650. The zero-order chi connectivity index (χ0) is 14.1. The number of halogens is 1. The molecular weight excluding hydrogens is 261 g/mol. The smallest absolute Gasteiger partial charge is 0.335 e. The van der Waals surface area contributed by atoms with Crippen LogP contribution in [0.3, 0.4) is 0 Å². The molecule has 0 fully saturated rings. The first-order valence-electron chi connectivity index (χ1n) is 6.51. The van der Waals surface area contributed by atoms with E-state index in [-0.39, 0.29) is 17.3 Å². The molecule has 0 radical (unpaired) electrons. The molecular formula is C15H14FNO3. The molecule has 1 heterocycles. The Morgan fingerprint density at radius 1 is 1.40 bits per heavy atom. The highest BCUT2D eigenvalue weighted by atomic mass is 19.1. The average Bonchev–Trinajstić information content (AvgIpc) is 2.90. The van der Waals surface area contributed by atoms with Crippen molar-refractivity contribution in [3.8, 4) is 0 Å². The number of rotatable bonds is 3. The van der Waals surface area contributed by atoms with Gasteiger partial charge in [0.2, 0.25) is 0 Å². The summed E-state index contributed by atoms with van der Waals surface area (Å²) in [6, 6.07) is 5.59. The summed E-state index contributed by atoms with van der Waals surface area (Å²) in [5.74, 6) is -0.602. The molecule has 1 aliphatic carbocycles. The summed E-state index contributed by atoms with van der Waals surface area (Å²) < 4.78 is 19.2. The van der Waals surface area contributed by atoms with Gasteiger partial charge in [0.25, 0.3) is 0 Å². The Morgan fingerprint density at radius 2 is 2.25 bits per heavy atom. The van der Waals surface area contributed by atoms with Gasteiger partial charge >= 0.3 is 5.97 Å². The number of anilines is 1. The first-order valence-corrected chi connectivity index (χ1v) is 6.51. The average molecular weight is 275 g/mol. The number of aryl methyl sites for hydroxylation is 1. The van der Waals surface area contributed by atoms with Gasteiger partial charge in [-0.1, -0.05) is 0 Å². The maximum absolute atomic E-state index is 13.8. The van der Waals surface area contributed by atoms with Crippen molar-refractivity contribution in [2.75, 3.05) is 5.32 Å². The normalized spacial score (nSPS) is 17.6. The van der Waals surface area contributed by atoms with Gasteiger partial charge in [-0.2, -0.15) is 0 Å². The van der Waals surface area contributed by atoms with Gasteiger partial charge in [-0.15, -0.1) is 0 Å². The number of hydrogen-bond acceptors (Lipinski definition) is 3. The van der Waals surface area contributed by atoms with Crippen LogP contribution in [0.2, 0.25) is 0 Å². The van der Waals surface area contributed by atoms with Crippen LogP contribution in [0.1, 0.15) is 40.6 Å². The third-order valence-electron chi connectivity index (χ3n) is 3.59. The molecule has 0 amide bonds. The molecule has 1 aromatic heterocycles. The van der Waals surface area contributed by atoms with E-state index in [2.05, 4.69) is 5.32 Å². The van der Waals surface area contributed by atoms with Crippen molar-refractivity contribution in [2.45, 2.75) is 25.3 Å². The number of fused-ring (bicyclic) bond motifs is 1. The first kappa shape index (κ1) is 12.7. The number of carboxylic acids is 1. The van der Waals surface area contributed by atoms with Gasteiger partial charge in [0, 0.05) is 12.0 Å². The van der Waals surface area contributed by atoms with E-state index in [0.717, 1.165) is 30.6 Å². The van der Waals surface area contributed by atoms with Gasteiger partial charge < -0.3 is 14.8 Å². The summed E-state index contributed by atoms with van der Waals surface area (Å²) in [7, 11) is 0.